The summed E-state index contributed by atoms with van der Waals surface area (Å²) < 4.78 is 10.7. The van der Waals surface area contributed by atoms with Crippen molar-refractivity contribution in [1.29, 1.82) is 0 Å². The fourth-order valence-corrected chi connectivity index (χ4v) is 2.30. The predicted molar refractivity (Wildman–Crippen MR) is 83.4 cm³/mol. The SMILES string of the molecule is CC(=O)N(CCC[PH](=O)O)OCc1ccc(C(C)C)cc1. The van der Waals surface area contributed by atoms with Gasteiger partial charge >= 0.3 is 0 Å². The smallest absolute Gasteiger partial charge is 0.243 e. The van der Waals surface area contributed by atoms with Crippen molar-refractivity contribution < 1.29 is 19.1 Å². The van der Waals surface area contributed by atoms with E-state index in [1.807, 2.05) is 12.1 Å². The minimum absolute atomic E-state index is 0.202. The third-order valence-corrected chi connectivity index (χ3v) is 3.92. The normalized spacial score (nSPS) is 12.4. The van der Waals surface area contributed by atoms with Crippen LogP contribution >= 0.6 is 8.03 Å². The van der Waals surface area contributed by atoms with E-state index in [2.05, 4.69) is 26.0 Å². The van der Waals surface area contributed by atoms with E-state index in [4.69, 9.17) is 9.73 Å². The molecule has 21 heavy (non-hydrogen) atoms. The van der Waals surface area contributed by atoms with Crippen LogP contribution in [0, 0.1) is 0 Å². The lowest BCUT2D eigenvalue weighted by Gasteiger charge is -2.20. The fourth-order valence-electron chi connectivity index (χ4n) is 1.84. The summed E-state index contributed by atoms with van der Waals surface area (Å²) in [5.74, 6) is 0.279. The first-order valence-corrected chi connectivity index (χ1v) is 8.68. The van der Waals surface area contributed by atoms with E-state index in [1.54, 1.807) is 0 Å². The van der Waals surface area contributed by atoms with E-state index in [9.17, 15) is 9.36 Å². The predicted octanol–water partition coefficient (Wildman–Crippen LogP) is 2.95. The van der Waals surface area contributed by atoms with Crippen molar-refractivity contribution in [3.8, 4) is 0 Å². The van der Waals surface area contributed by atoms with E-state index in [-0.39, 0.29) is 12.1 Å². The van der Waals surface area contributed by atoms with Crippen molar-refractivity contribution in [2.24, 2.45) is 0 Å². The summed E-state index contributed by atoms with van der Waals surface area (Å²) in [6.07, 6.45) is 0.668. The second-order valence-corrected chi connectivity index (χ2v) is 6.58. The summed E-state index contributed by atoms with van der Waals surface area (Å²) in [6, 6.07) is 8.08. The Balaban J connectivity index is 2.48. The maximum Gasteiger partial charge on any atom is 0.243 e. The van der Waals surface area contributed by atoms with Crippen molar-refractivity contribution in [3.63, 3.8) is 0 Å². The lowest BCUT2D eigenvalue weighted by molar-refractivity contribution is -0.189. The fraction of sp³-hybridized carbons (Fsp3) is 0.533. The maximum atomic E-state index is 11.5. The molecule has 1 atom stereocenters. The summed E-state index contributed by atoms with van der Waals surface area (Å²) >= 11 is 0. The number of hydrogen-bond donors (Lipinski definition) is 1. The highest BCUT2D eigenvalue weighted by Crippen LogP contribution is 2.16. The van der Waals surface area contributed by atoms with Gasteiger partial charge in [-0.25, -0.2) is 5.06 Å². The van der Waals surface area contributed by atoms with Gasteiger partial charge in [0.2, 0.25) is 5.91 Å². The van der Waals surface area contributed by atoms with Gasteiger partial charge in [-0.15, -0.1) is 0 Å². The Labute approximate surface area is 126 Å². The number of benzene rings is 1. The van der Waals surface area contributed by atoms with E-state index < -0.39 is 8.03 Å². The Hall–Kier alpha value is -1.16. The van der Waals surface area contributed by atoms with Crippen molar-refractivity contribution in [1.82, 2.24) is 5.06 Å². The largest absolute Gasteiger partial charge is 0.346 e. The van der Waals surface area contributed by atoms with E-state index in [0.29, 0.717) is 25.5 Å². The molecular weight excluding hydrogens is 289 g/mol. The van der Waals surface area contributed by atoms with Crippen LogP contribution in [0.4, 0.5) is 0 Å². The van der Waals surface area contributed by atoms with Gasteiger partial charge in [-0.3, -0.25) is 14.2 Å². The summed E-state index contributed by atoms with van der Waals surface area (Å²) in [7, 11) is -2.48. The van der Waals surface area contributed by atoms with Crippen LogP contribution in [0.1, 0.15) is 44.2 Å². The van der Waals surface area contributed by atoms with Gasteiger partial charge in [0, 0.05) is 19.6 Å². The third-order valence-electron chi connectivity index (χ3n) is 3.14. The number of carbonyl (C=O) groups excluding carboxylic acids is 1. The maximum absolute atomic E-state index is 11.5. The van der Waals surface area contributed by atoms with Gasteiger partial charge in [-0.1, -0.05) is 38.1 Å². The van der Waals surface area contributed by atoms with Crippen molar-refractivity contribution in [2.45, 2.75) is 39.7 Å². The quantitative estimate of drug-likeness (QED) is 0.592. The summed E-state index contributed by atoms with van der Waals surface area (Å²) in [5, 5.41) is 1.25. The van der Waals surface area contributed by atoms with Crippen LogP contribution in [0.2, 0.25) is 0 Å². The molecule has 1 aromatic rings. The molecule has 1 aromatic carbocycles. The van der Waals surface area contributed by atoms with Gasteiger partial charge in [0.15, 0.2) is 8.03 Å². The number of rotatable bonds is 8. The molecule has 0 radical (unpaired) electrons. The molecule has 0 aliphatic rings. The van der Waals surface area contributed by atoms with Gasteiger partial charge in [-0.05, 0) is 23.5 Å². The second kappa shape index (κ2) is 8.98. The monoisotopic (exact) mass is 313 g/mol. The zero-order valence-corrected chi connectivity index (χ0v) is 13.8. The number of carbonyl (C=O) groups is 1. The van der Waals surface area contributed by atoms with Crippen molar-refractivity contribution in [2.75, 3.05) is 12.7 Å². The number of amides is 1. The third kappa shape index (κ3) is 6.89. The van der Waals surface area contributed by atoms with Gasteiger partial charge in [0.05, 0.1) is 0 Å². The molecule has 0 aliphatic heterocycles. The molecule has 1 N–H and O–H groups in total. The Morgan fingerprint density at radius 2 is 1.95 bits per heavy atom. The van der Waals surface area contributed by atoms with Crippen LogP contribution in [0.3, 0.4) is 0 Å². The molecule has 0 aliphatic carbocycles. The van der Waals surface area contributed by atoms with Gasteiger partial charge in [-0.2, -0.15) is 0 Å². The highest BCUT2D eigenvalue weighted by molar-refractivity contribution is 7.37. The molecule has 1 amide bonds. The highest BCUT2D eigenvalue weighted by atomic mass is 31.1. The van der Waals surface area contributed by atoms with Crippen LogP contribution in [0.25, 0.3) is 0 Å². The Morgan fingerprint density at radius 1 is 1.33 bits per heavy atom. The molecule has 1 rings (SSSR count). The standard InChI is InChI=1S/C15H24NO4P/c1-12(2)15-7-5-14(6-8-15)11-20-16(13(3)17)9-4-10-21(18)19/h5-8,12,21H,4,9-11H2,1-3H3,(H,18,19). The van der Waals surface area contributed by atoms with Gasteiger partial charge in [0.1, 0.15) is 6.61 Å². The van der Waals surface area contributed by atoms with Crippen LogP contribution in [0.5, 0.6) is 0 Å². The van der Waals surface area contributed by atoms with Crippen LogP contribution in [0.15, 0.2) is 24.3 Å². The molecular formula is C15H24NO4P. The summed E-state index contributed by atoms with van der Waals surface area (Å²) in [6.45, 7) is 6.33. The van der Waals surface area contributed by atoms with Crippen LogP contribution in [-0.2, 0) is 20.8 Å². The lowest BCUT2D eigenvalue weighted by Crippen LogP contribution is -2.30. The average Bonchev–Trinajstić information content (AvgIpc) is 2.42. The van der Waals surface area contributed by atoms with Crippen molar-refractivity contribution in [3.05, 3.63) is 35.4 Å². The second-order valence-electron chi connectivity index (χ2n) is 5.29. The topological polar surface area (TPSA) is 66.8 Å². The lowest BCUT2D eigenvalue weighted by atomic mass is 10.0. The molecule has 0 heterocycles. The minimum atomic E-state index is -2.48. The molecule has 0 spiro atoms. The van der Waals surface area contributed by atoms with E-state index in [1.165, 1.54) is 17.6 Å². The number of nitrogens with zero attached hydrogens (tertiary/aromatic N) is 1. The van der Waals surface area contributed by atoms with E-state index in [0.717, 1.165) is 5.56 Å². The Morgan fingerprint density at radius 3 is 2.43 bits per heavy atom. The van der Waals surface area contributed by atoms with Gasteiger partial charge < -0.3 is 4.89 Å². The molecule has 0 saturated heterocycles. The highest BCUT2D eigenvalue weighted by Gasteiger charge is 2.10. The summed E-state index contributed by atoms with van der Waals surface area (Å²) in [5.41, 5.74) is 2.25. The average molecular weight is 313 g/mol. The molecule has 1 unspecified atom stereocenters. The number of hydrogen-bond acceptors (Lipinski definition) is 3. The molecule has 0 aromatic heterocycles. The first-order chi connectivity index (χ1) is 9.90. The minimum Gasteiger partial charge on any atom is -0.346 e. The molecule has 6 heteroatoms. The number of hydroxylamine groups is 2. The zero-order valence-electron chi connectivity index (χ0n) is 12.8. The molecule has 0 saturated carbocycles. The van der Waals surface area contributed by atoms with Crippen LogP contribution in [-0.4, -0.2) is 28.6 Å². The zero-order chi connectivity index (χ0) is 15.8. The van der Waals surface area contributed by atoms with Crippen molar-refractivity contribution >= 4 is 13.9 Å². The Bertz CT molecular complexity index is 473. The first kappa shape index (κ1) is 17.9. The Kier molecular flexibility index (Phi) is 7.65. The first-order valence-electron chi connectivity index (χ1n) is 7.11. The molecule has 0 fully saturated rings. The van der Waals surface area contributed by atoms with E-state index >= 15 is 0 Å². The molecule has 5 nitrogen and oxygen atoms in total. The van der Waals surface area contributed by atoms with Crippen LogP contribution < -0.4 is 0 Å². The molecule has 118 valence electrons. The summed E-state index contributed by atoms with van der Waals surface area (Å²) in [4.78, 5) is 25.7. The molecule has 0 bridgehead atoms. The van der Waals surface area contributed by atoms with Gasteiger partial charge in [0.25, 0.3) is 0 Å².